The molecule has 0 heterocycles. The van der Waals surface area contributed by atoms with E-state index in [0.29, 0.717) is 23.0 Å². The van der Waals surface area contributed by atoms with Crippen molar-refractivity contribution in [1.29, 1.82) is 0 Å². The summed E-state index contributed by atoms with van der Waals surface area (Å²) in [7, 11) is -1.11. The van der Waals surface area contributed by atoms with Crippen molar-refractivity contribution < 1.29 is 9.00 Å². The van der Waals surface area contributed by atoms with Crippen molar-refractivity contribution in [2.45, 2.75) is 44.8 Å². The number of hydrogen-bond donors (Lipinski definition) is 2. The van der Waals surface area contributed by atoms with Gasteiger partial charge < -0.3 is 11.1 Å². The van der Waals surface area contributed by atoms with Crippen LogP contribution < -0.4 is 11.1 Å². The van der Waals surface area contributed by atoms with E-state index in [1.807, 2.05) is 13.0 Å². The Hall–Kier alpha value is -1.36. The molecule has 5 heteroatoms. The summed E-state index contributed by atoms with van der Waals surface area (Å²) in [5.74, 6) is 0.972. The fourth-order valence-electron chi connectivity index (χ4n) is 2.68. The monoisotopic (exact) mass is 308 g/mol. The van der Waals surface area contributed by atoms with E-state index in [9.17, 15) is 9.00 Å². The summed E-state index contributed by atoms with van der Waals surface area (Å²) in [6.07, 6.45) is 4.75. The van der Waals surface area contributed by atoms with Gasteiger partial charge in [0.1, 0.15) is 5.25 Å². The van der Waals surface area contributed by atoms with E-state index in [0.717, 1.165) is 18.4 Å². The van der Waals surface area contributed by atoms with Crippen LogP contribution in [-0.4, -0.2) is 21.1 Å². The molecule has 2 rings (SSSR count). The Labute approximate surface area is 129 Å². The predicted molar refractivity (Wildman–Crippen MR) is 88.7 cm³/mol. The molecule has 1 amide bonds. The molecule has 21 heavy (non-hydrogen) atoms. The van der Waals surface area contributed by atoms with Gasteiger partial charge in [-0.15, -0.1) is 0 Å². The number of carbonyl (C=O) groups excluding carboxylic acids is 1. The van der Waals surface area contributed by atoms with Crippen molar-refractivity contribution in [3.63, 3.8) is 0 Å². The second kappa shape index (κ2) is 7.07. The van der Waals surface area contributed by atoms with Crippen LogP contribution in [0.1, 0.15) is 38.2 Å². The Morgan fingerprint density at radius 1 is 1.43 bits per heavy atom. The molecule has 1 aliphatic rings. The molecule has 0 spiro atoms. The maximum atomic E-state index is 12.3. The number of nitrogens with one attached hydrogen (secondary N) is 1. The number of anilines is 2. The van der Waals surface area contributed by atoms with E-state index < -0.39 is 16.0 Å². The highest BCUT2D eigenvalue weighted by Crippen LogP contribution is 2.26. The highest BCUT2D eigenvalue weighted by atomic mass is 32.2. The third kappa shape index (κ3) is 4.30. The fourth-order valence-corrected chi connectivity index (χ4v) is 4.07. The van der Waals surface area contributed by atoms with Crippen LogP contribution in [0.5, 0.6) is 0 Å². The molecule has 1 aromatic rings. The molecule has 0 aliphatic heterocycles. The van der Waals surface area contributed by atoms with Crippen molar-refractivity contribution in [2.75, 3.05) is 16.8 Å². The highest BCUT2D eigenvalue weighted by molar-refractivity contribution is 7.86. The number of benzene rings is 1. The number of nitrogens with two attached hydrogens (primary N) is 1. The summed E-state index contributed by atoms with van der Waals surface area (Å²) in [4.78, 5) is 12.2. The molecular formula is C16H24N2O2S. The molecule has 0 radical (unpaired) electrons. The van der Waals surface area contributed by atoms with Crippen LogP contribution in [-0.2, 0) is 15.6 Å². The first-order valence-electron chi connectivity index (χ1n) is 7.51. The summed E-state index contributed by atoms with van der Waals surface area (Å²) in [6, 6.07) is 5.40. The lowest BCUT2D eigenvalue weighted by Gasteiger charge is -2.16. The van der Waals surface area contributed by atoms with Gasteiger partial charge in [-0.25, -0.2) is 0 Å². The molecule has 1 fully saturated rings. The maximum absolute atomic E-state index is 12.3. The van der Waals surface area contributed by atoms with Gasteiger partial charge >= 0.3 is 0 Å². The van der Waals surface area contributed by atoms with E-state index >= 15 is 0 Å². The normalized spacial score (nSPS) is 18.4. The van der Waals surface area contributed by atoms with Gasteiger partial charge in [-0.2, -0.15) is 0 Å². The average molecular weight is 308 g/mol. The van der Waals surface area contributed by atoms with Gasteiger partial charge in [0.15, 0.2) is 0 Å². The molecule has 2 atom stereocenters. The Kier molecular flexibility index (Phi) is 5.39. The Balaban J connectivity index is 1.95. The second-order valence-corrected chi connectivity index (χ2v) is 7.71. The third-order valence-corrected chi connectivity index (χ3v) is 5.96. The van der Waals surface area contributed by atoms with E-state index in [4.69, 9.17) is 5.73 Å². The van der Waals surface area contributed by atoms with E-state index in [-0.39, 0.29) is 5.91 Å². The molecule has 1 aliphatic carbocycles. The van der Waals surface area contributed by atoms with Gasteiger partial charge in [-0.1, -0.05) is 18.9 Å². The average Bonchev–Trinajstić information content (AvgIpc) is 2.94. The molecule has 2 unspecified atom stereocenters. The molecule has 1 saturated carbocycles. The van der Waals surface area contributed by atoms with Crippen molar-refractivity contribution in [2.24, 2.45) is 5.92 Å². The SMILES string of the molecule is Cc1ccc(N)cc1NC(=O)C(C)S(=O)CC1CCCC1. The molecular weight excluding hydrogens is 284 g/mol. The van der Waals surface area contributed by atoms with Crippen LogP contribution >= 0.6 is 0 Å². The van der Waals surface area contributed by atoms with Gasteiger partial charge in [0, 0.05) is 27.9 Å². The zero-order valence-corrected chi connectivity index (χ0v) is 13.5. The van der Waals surface area contributed by atoms with Crippen molar-refractivity contribution in [3.8, 4) is 0 Å². The topological polar surface area (TPSA) is 72.2 Å². The first-order valence-corrected chi connectivity index (χ1v) is 8.89. The van der Waals surface area contributed by atoms with Crippen molar-refractivity contribution in [3.05, 3.63) is 23.8 Å². The van der Waals surface area contributed by atoms with Gasteiger partial charge in [-0.3, -0.25) is 9.00 Å². The Bertz CT molecular complexity index is 539. The van der Waals surface area contributed by atoms with Crippen molar-refractivity contribution in [1.82, 2.24) is 0 Å². The Morgan fingerprint density at radius 2 is 2.10 bits per heavy atom. The molecule has 116 valence electrons. The zero-order valence-electron chi connectivity index (χ0n) is 12.7. The van der Waals surface area contributed by atoms with E-state index in [1.54, 1.807) is 19.1 Å². The number of aryl methyl sites for hydroxylation is 1. The minimum Gasteiger partial charge on any atom is -0.399 e. The number of hydrogen-bond acceptors (Lipinski definition) is 3. The van der Waals surface area contributed by atoms with Crippen LogP contribution in [0.3, 0.4) is 0 Å². The van der Waals surface area contributed by atoms with Gasteiger partial charge in [-0.05, 0) is 50.3 Å². The number of nitrogen functional groups attached to an aromatic ring is 1. The summed E-state index contributed by atoms with van der Waals surface area (Å²) in [5.41, 5.74) is 7.99. The summed E-state index contributed by atoms with van der Waals surface area (Å²) in [5, 5.41) is 2.35. The summed E-state index contributed by atoms with van der Waals surface area (Å²) < 4.78 is 12.3. The lowest BCUT2D eigenvalue weighted by atomic mass is 10.1. The third-order valence-electron chi connectivity index (χ3n) is 4.16. The fraction of sp³-hybridized carbons (Fsp3) is 0.562. The van der Waals surface area contributed by atoms with Crippen LogP contribution in [0.15, 0.2) is 18.2 Å². The number of amides is 1. The minimum atomic E-state index is -1.11. The second-order valence-electron chi connectivity index (χ2n) is 5.90. The molecule has 1 aromatic carbocycles. The first kappa shape index (κ1) is 16.0. The minimum absolute atomic E-state index is 0.194. The van der Waals surface area contributed by atoms with Crippen LogP contribution in [0.25, 0.3) is 0 Å². The zero-order chi connectivity index (χ0) is 15.4. The molecule has 0 aromatic heterocycles. The number of rotatable bonds is 5. The van der Waals surface area contributed by atoms with Crippen LogP contribution in [0.4, 0.5) is 11.4 Å². The highest BCUT2D eigenvalue weighted by Gasteiger charge is 2.25. The molecule has 4 nitrogen and oxygen atoms in total. The van der Waals surface area contributed by atoms with Gasteiger partial charge in [0.2, 0.25) is 5.91 Å². The largest absolute Gasteiger partial charge is 0.399 e. The van der Waals surface area contributed by atoms with Crippen LogP contribution in [0, 0.1) is 12.8 Å². The lowest BCUT2D eigenvalue weighted by Crippen LogP contribution is -2.31. The summed E-state index contributed by atoms with van der Waals surface area (Å²) >= 11 is 0. The molecule has 0 saturated heterocycles. The standard InChI is InChI=1S/C16H24N2O2S/c1-11-7-8-14(17)9-15(11)18-16(19)12(2)21(20)10-13-5-3-4-6-13/h7-9,12-13H,3-6,10,17H2,1-2H3,(H,18,19). The number of carbonyl (C=O) groups is 1. The first-order chi connectivity index (χ1) is 9.97. The van der Waals surface area contributed by atoms with Gasteiger partial charge in [0.25, 0.3) is 0 Å². The van der Waals surface area contributed by atoms with Crippen LogP contribution in [0.2, 0.25) is 0 Å². The molecule has 3 N–H and O–H groups in total. The van der Waals surface area contributed by atoms with Crippen molar-refractivity contribution >= 4 is 28.1 Å². The predicted octanol–water partition coefficient (Wildman–Crippen LogP) is 2.84. The smallest absolute Gasteiger partial charge is 0.239 e. The Morgan fingerprint density at radius 3 is 2.76 bits per heavy atom. The van der Waals surface area contributed by atoms with E-state index in [1.165, 1.54) is 12.8 Å². The quantitative estimate of drug-likeness (QED) is 0.822. The van der Waals surface area contributed by atoms with Gasteiger partial charge in [0.05, 0.1) is 0 Å². The van der Waals surface area contributed by atoms with E-state index in [2.05, 4.69) is 5.32 Å². The lowest BCUT2D eigenvalue weighted by molar-refractivity contribution is -0.115. The maximum Gasteiger partial charge on any atom is 0.239 e. The summed E-state index contributed by atoms with van der Waals surface area (Å²) in [6.45, 7) is 3.65. The molecule has 0 bridgehead atoms.